The van der Waals surface area contributed by atoms with E-state index < -0.39 is 17.8 Å². The lowest BCUT2D eigenvalue weighted by Gasteiger charge is -2.15. The number of ether oxygens (including phenoxy) is 1. The van der Waals surface area contributed by atoms with Gasteiger partial charge in [0.1, 0.15) is 6.07 Å². The quantitative estimate of drug-likeness (QED) is 0.546. The summed E-state index contributed by atoms with van der Waals surface area (Å²) in [6, 6.07) is 15.0. The molecule has 0 bridgehead atoms. The number of nitrogens with two attached hydrogens (primary N) is 1. The van der Waals surface area contributed by atoms with Crippen molar-refractivity contribution < 1.29 is 19.1 Å². The summed E-state index contributed by atoms with van der Waals surface area (Å²) in [5.74, 6) is -1.48. The summed E-state index contributed by atoms with van der Waals surface area (Å²) in [6.07, 6.45) is 1.43. The molecule has 2 amide bonds. The molecule has 8 heteroatoms. The molecule has 0 saturated carbocycles. The third-order valence-electron chi connectivity index (χ3n) is 4.72. The number of fused-ring (bicyclic) bond motifs is 1. The van der Waals surface area contributed by atoms with Gasteiger partial charge in [-0.25, -0.2) is 9.69 Å². The van der Waals surface area contributed by atoms with Crippen molar-refractivity contribution in [3.05, 3.63) is 77.1 Å². The zero-order valence-corrected chi connectivity index (χ0v) is 15.2. The van der Waals surface area contributed by atoms with Crippen LogP contribution < -0.4 is 10.6 Å². The van der Waals surface area contributed by atoms with E-state index in [0.29, 0.717) is 22.5 Å². The number of aromatic nitrogens is 1. The molecule has 2 heterocycles. The van der Waals surface area contributed by atoms with Gasteiger partial charge >= 0.3 is 5.97 Å². The van der Waals surface area contributed by atoms with Crippen LogP contribution in [0.25, 0.3) is 5.69 Å². The first-order chi connectivity index (χ1) is 14.0. The first-order valence-electron chi connectivity index (χ1n) is 8.55. The number of esters is 1. The van der Waals surface area contributed by atoms with E-state index in [0.717, 1.165) is 4.90 Å². The number of carbonyl (C=O) groups excluding carboxylic acids is 3. The summed E-state index contributed by atoms with van der Waals surface area (Å²) in [4.78, 5) is 38.4. The van der Waals surface area contributed by atoms with Gasteiger partial charge in [0.2, 0.25) is 0 Å². The molecule has 29 heavy (non-hydrogen) atoms. The van der Waals surface area contributed by atoms with Crippen LogP contribution in [-0.2, 0) is 4.74 Å². The molecular weight excluding hydrogens is 372 g/mol. The second kappa shape index (κ2) is 6.65. The standard InChI is InChI=1S/C21H14N4O4/c1-29-21(28)18-17(23)12(10-22)11-24(18)13-6-8-14(9-7-13)25-19(26)15-4-2-3-5-16(15)20(25)27/h2-9,11H,23H2,1H3. The van der Waals surface area contributed by atoms with E-state index in [2.05, 4.69) is 0 Å². The average Bonchev–Trinajstić information content (AvgIpc) is 3.22. The number of benzene rings is 2. The normalized spacial score (nSPS) is 12.6. The fourth-order valence-electron chi connectivity index (χ4n) is 3.30. The molecule has 0 atom stereocenters. The summed E-state index contributed by atoms with van der Waals surface area (Å²) in [7, 11) is 1.22. The molecule has 0 radical (unpaired) electrons. The number of hydrogen-bond donors (Lipinski definition) is 1. The van der Waals surface area contributed by atoms with Crippen molar-refractivity contribution in [3.8, 4) is 11.8 Å². The van der Waals surface area contributed by atoms with Crippen LogP contribution in [0.5, 0.6) is 0 Å². The molecule has 2 aromatic carbocycles. The third kappa shape index (κ3) is 2.64. The predicted octanol–water partition coefficient (Wildman–Crippen LogP) is 2.52. The number of methoxy groups -OCH3 is 1. The maximum atomic E-state index is 12.6. The van der Waals surface area contributed by atoms with Gasteiger partial charge in [-0.15, -0.1) is 0 Å². The van der Waals surface area contributed by atoms with Crippen molar-refractivity contribution in [3.63, 3.8) is 0 Å². The highest BCUT2D eigenvalue weighted by molar-refractivity contribution is 6.34. The topological polar surface area (TPSA) is 118 Å². The summed E-state index contributed by atoms with van der Waals surface area (Å²) >= 11 is 0. The Bertz CT molecular complexity index is 1180. The van der Waals surface area contributed by atoms with Crippen LogP contribution >= 0.6 is 0 Å². The molecular formula is C21H14N4O4. The minimum Gasteiger partial charge on any atom is -0.464 e. The average molecular weight is 386 g/mol. The second-order valence-electron chi connectivity index (χ2n) is 6.29. The molecule has 1 aliphatic heterocycles. The molecule has 0 fully saturated rings. The van der Waals surface area contributed by atoms with Gasteiger partial charge in [0, 0.05) is 11.9 Å². The van der Waals surface area contributed by atoms with Crippen molar-refractivity contribution in [2.24, 2.45) is 0 Å². The highest BCUT2D eigenvalue weighted by atomic mass is 16.5. The van der Waals surface area contributed by atoms with E-state index in [4.69, 9.17) is 10.5 Å². The van der Waals surface area contributed by atoms with Gasteiger partial charge in [0.15, 0.2) is 5.69 Å². The van der Waals surface area contributed by atoms with E-state index in [1.165, 1.54) is 17.9 Å². The van der Waals surface area contributed by atoms with E-state index in [1.54, 1.807) is 48.5 Å². The number of amides is 2. The van der Waals surface area contributed by atoms with Crippen LogP contribution in [0.4, 0.5) is 11.4 Å². The highest BCUT2D eigenvalue weighted by Crippen LogP contribution is 2.30. The first kappa shape index (κ1) is 18.0. The summed E-state index contributed by atoms with van der Waals surface area (Å²) in [5, 5.41) is 9.21. The van der Waals surface area contributed by atoms with Gasteiger partial charge in [0.25, 0.3) is 11.8 Å². The molecule has 0 unspecified atom stereocenters. The fourth-order valence-corrected chi connectivity index (χ4v) is 3.30. The molecule has 3 aromatic rings. The number of imide groups is 1. The maximum absolute atomic E-state index is 12.6. The lowest BCUT2D eigenvalue weighted by Crippen LogP contribution is -2.29. The number of hydrogen-bond acceptors (Lipinski definition) is 6. The molecule has 1 aromatic heterocycles. The molecule has 142 valence electrons. The third-order valence-corrected chi connectivity index (χ3v) is 4.72. The van der Waals surface area contributed by atoms with Gasteiger partial charge in [0.05, 0.1) is 35.2 Å². The summed E-state index contributed by atoms with van der Waals surface area (Å²) < 4.78 is 6.20. The number of nitrogens with zero attached hydrogens (tertiary/aromatic N) is 3. The number of rotatable bonds is 3. The maximum Gasteiger partial charge on any atom is 0.357 e. The van der Waals surface area contributed by atoms with Crippen molar-refractivity contribution in [1.29, 1.82) is 5.26 Å². The minimum absolute atomic E-state index is 0.0174. The van der Waals surface area contributed by atoms with E-state index in [9.17, 15) is 19.6 Å². The molecule has 0 aliphatic carbocycles. The Morgan fingerprint density at radius 2 is 1.55 bits per heavy atom. The van der Waals surface area contributed by atoms with E-state index >= 15 is 0 Å². The Hall–Kier alpha value is -4.38. The smallest absolute Gasteiger partial charge is 0.357 e. The molecule has 2 N–H and O–H groups in total. The summed E-state index contributed by atoms with van der Waals surface area (Å²) in [6.45, 7) is 0. The summed E-state index contributed by atoms with van der Waals surface area (Å²) in [5.41, 5.74) is 7.69. The van der Waals surface area contributed by atoms with Gasteiger partial charge in [-0.2, -0.15) is 5.26 Å². The molecule has 4 rings (SSSR count). The van der Waals surface area contributed by atoms with Crippen LogP contribution in [0.2, 0.25) is 0 Å². The highest BCUT2D eigenvalue weighted by Gasteiger charge is 2.36. The van der Waals surface area contributed by atoms with Crippen LogP contribution in [0, 0.1) is 11.3 Å². The van der Waals surface area contributed by atoms with Gasteiger partial charge in [-0.1, -0.05) is 12.1 Å². The largest absolute Gasteiger partial charge is 0.464 e. The van der Waals surface area contributed by atoms with Crippen molar-refractivity contribution in [2.75, 3.05) is 17.7 Å². The van der Waals surface area contributed by atoms with E-state index in [-0.39, 0.29) is 16.9 Å². The number of nitriles is 1. The Kier molecular flexibility index (Phi) is 4.13. The lowest BCUT2D eigenvalue weighted by molar-refractivity contribution is 0.0592. The SMILES string of the molecule is COC(=O)c1c(N)c(C#N)cn1-c1ccc(N2C(=O)c3ccccc3C2=O)cc1. The number of anilines is 2. The van der Waals surface area contributed by atoms with Gasteiger partial charge < -0.3 is 15.0 Å². The monoisotopic (exact) mass is 386 g/mol. The first-order valence-corrected chi connectivity index (χ1v) is 8.55. The van der Waals surface area contributed by atoms with Crippen LogP contribution in [-0.4, -0.2) is 29.5 Å². The van der Waals surface area contributed by atoms with Crippen LogP contribution in [0.15, 0.2) is 54.7 Å². The zero-order chi connectivity index (χ0) is 20.7. The Balaban J connectivity index is 1.74. The van der Waals surface area contributed by atoms with E-state index in [1.807, 2.05) is 6.07 Å². The molecule has 8 nitrogen and oxygen atoms in total. The van der Waals surface area contributed by atoms with Crippen molar-refractivity contribution >= 4 is 29.2 Å². The van der Waals surface area contributed by atoms with Gasteiger partial charge in [-0.05, 0) is 36.4 Å². The van der Waals surface area contributed by atoms with Crippen LogP contribution in [0.3, 0.4) is 0 Å². The number of nitrogen functional groups attached to an aromatic ring is 1. The van der Waals surface area contributed by atoms with Crippen LogP contribution in [0.1, 0.15) is 36.8 Å². The number of carbonyl (C=O) groups is 3. The predicted molar refractivity (Wildman–Crippen MR) is 104 cm³/mol. The Labute approximate surface area is 165 Å². The van der Waals surface area contributed by atoms with Gasteiger partial charge in [-0.3, -0.25) is 9.59 Å². The Morgan fingerprint density at radius 1 is 1.00 bits per heavy atom. The van der Waals surface area contributed by atoms with Crippen molar-refractivity contribution in [2.45, 2.75) is 0 Å². The Morgan fingerprint density at radius 3 is 2.07 bits per heavy atom. The minimum atomic E-state index is -0.687. The fraction of sp³-hybridized carbons (Fsp3) is 0.0476. The molecule has 1 aliphatic rings. The second-order valence-corrected chi connectivity index (χ2v) is 6.29. The molecule has 0 spiro atoms. The van der Waals surface area contributed by atoms with Crippen molar-refractivity contribution in [1.82, 2.24) is 4.57 Å². The molecule has 0 saturated heterocycles. The zero-order valence-electron chi connectivity index (χ0n) is 15.2. The lowest BCUT2D eigenvalue weighted by atomic mass is 10.1.